The van der Waals surface area contributed by atoms with Crippen LogP contribution in [0.3, 0.4) is 0 Å². The molecule has 6 atom stereocenters. The number of aromatic nitrogens is 5. The molecule has 0 spiro atoms. The second kappa shape index (κ2) is 17.2. The number of benzene rings is 2. The molecule has 0 unspecified atom stereocenters. The van der Waals surface area contributed by atoms with Crippen LogP contribution < -0.4 is 10.6 Å². The maximum absolute atomic E-state index is 13.8. The number of aromatic amines is 2. The number of amides is 4. The number of ether oxygens (including phenoxy) is 2. The van der Waals surface area contributed by atoms with Gasteiger partial charge in [0.05, 0.1) is 54.9 Å². The third-order valence-corrected chi connectivity index (χ3v) is 12.0. The number of likely N-dealkylation sites (tertiary alicyclic amines) is 2. The number of carbonyl (C=O) groups is 4. The Morgan fingerprint density at radius 3 is 1.95 bits per heavy atom. The smallest absolute Gasteiger partial charge is 0.407 e. The second-order valence-electron chi connectivity index (χ2n) is 15.5. The zero-order valence-corrected chi connectivity index (χ0v) is 34.0. The summed E-state index contributed by atoms with van der Waals surface area (Å²) in [5, 5.41) is 7.49. The lowest BCUT2D eigenvalue weighted by Crippen LogP contribution is -2.51. The average molecular weight is 792 g/mol. The second-order valence-corrected chi connectivity index (χ2v) is 15.5. The molecule has 15 nitrogen and oxygen atoms in total. The number of fused-ring (bicyclic) bond motifs is 2. The number of nitrogens with one attached hydrogen (secondary N) is 4. The summed E-state index contributed by atoms with van der Waals surface area (Å²) < 4.78 is 9.62. The fourth-order valence-electron chi connectivity index (χ4n) is 8.19. The molecule has 0 bridgehead atoms. The van der Waals surface area contributed by atoms with Crippen LogP contribution in [-0.4, -0.2) is 98.1 Å². The monoisotopic (exact) mass is 791 g/mol. The number of rotatable bonds is 12. The van der Waals surface area contributed by atoms with Gasteiger partial charge in [0.25, 0.3) is 0 Å². The molecule has 0 aliphatic carbocycles. The van der Waals surface area contributed by atoms with Crippen molar-refractivity contribution in [3.8, 4) is 22.5 Å². The minimum atomic E-state index is -0.687. The molecular weight excluding hydrogens is 739 g/mol. The molecule has 0 saturated carbocycles. The van der Waals surface area contributed by atoms with E-state index in [1.807, 2.05) is 68.0 Å². The maximum Gasteiger partial charge on any atom is 0.407 e. The van der Waals surface area contributed by atoms with E-state index in [1.54, 1.807) is 6.20 Å². The van der Waals surface area contributed by atoms with E-state index in [9.17, 15) is 19.2 Å². The molecule has 2 aliphatic rings. The lowest BCUT2D eigenvalue weighted by Gasteiger charge is -2.30. The number of nitrogens with zero attached hydrogens (tertiary/aromatic N) is 5. The van der Waals surface area contributed by atoms with E-state index in [0.29, 0.717) is 18.9 Å². The highest BCUT2D eigenvalue weighted by Crippen LogP contribution is 2.36. The van der Waals surface area contributed by atoms with Crippen LogP contribution in [0.25, 0.3) is 44.3 Å². The van der Waals surface area contributed by atoms with E-state index in [2.05, 4.69) is 38.8 Å². The van der Waals surface area contributed by atoms with Gasteiger partial charge in [0.2, 0.25) is 11.8 Å². The summed E-state index contributed by atoms with van der Waals surface area (Å²) in [6, 6.07) is 12.4. The van der Waals surface area contributed by atoms with Crippen LogP contribution in [0, 0.1) is 11.8 Å². The lowest BCUT2D eigenvalue weighted by atomic mass is 9.97. The van der Waals surface area contributed by atoms with E-state index in [0.717, 1.165) is 88.7 Å². The topological polar surface area (TPSA) is 188 Å². The number of H-pyrrole nitrogens is 2. The van der Waals surface area contributed by atoms with Crippen LogP contribution in [0.2, 0.25) is 0 Å². The van der Waals surface area contributed by atoms with Crippen molar-refractivity contribution in [2.45, 2.75) is 90.4 Å². The van der Waals surface area contributed by atoms with Crippen LogP contribution in [0.1, 0.15) is 90.0 Å². The van der Waals surface area contributed by atoms with E-state index < -0.39 is 24.3 Å². The first-order chi connectivity index (χ1) is 28.0. The zero-order valence-electron chi connectivity index (χ0n) is 34.0. The normalized spacial score (nSPS) is 18.9. The van der Waals surface area contributed by atoms with Gasteiger partial charge >= 0.3 is 12.2 Å². The predicted octanol–water partition coefficient (Wildman–Crippen LogP) is 7.04. The molecule has 306 valence electrons. The zero-order chi connectivity index (χ0) is 41.1. The number of pyridine rings is 1. The van der Waals surface area contributed by atoms with Crippen molar-refractivity contribution >= 4 is 45.8 Å². The highest BCUT2D eigenvalue weighted by atomic mass is 16.5. The summed E-state index contributed by atoms with van der Waals surface area (Å²) in [5.41, 5.74) is 5.18. The predicted molar refractivity (Wildman–Crippen MR) is 219 cm³/mol. The Kier molecular flexibility index (Phi) is 12.0. The average Bonchev–Trinajstić information content (AvgIpc) is 4.09. The van der Waals surface area contributed by atoms with Gasteiger partial charge in [-0.25, -0.2) is 19.6 Å². The molecular formula is C43H53N9O6. The number of hydrogen-bond donors (Lipinski definition) is 4. The van der Waals surface area contributed by atoms with Crippen molar-refractivity contribution in [2.24, 2.45) is 11.8 Å². The van der Waals surface area contributed by atoms with E-state index in [-0.39, 0.29) is 35.7 Å². The third kappa shape index (κ3) is 8.07. The standard InChI is InChI=1S/C43H53N9O6/c1-7-24(3)36(49-42(55)57-5)40(53)51-17-9-11-34(51)38-45-23-33(48-38)27-14-13-26-20-31(44-22-29(26)19-27)28-15-16-30-32(21-28)47-39(46-30)35-12-10-18-52(35)41(54)37(25(4)8-2)50-43(56)58-6/h13-16,19-25,34-37H,7-12,17-18H2,1-6H3,(H,45,48)(H,46,47)(H,49,55)(H,50,56)/t24-,25-,34+,35+,36+,37+/m1/s1. The summed E-state index contributed by atoms with van der Waals surface area (Å²) >= 11 is 0. The van der Waals surface area contributed by atoms with Gasteiger partial charge in [-0.05, 0) is 67.2 Å². The molecule has 2 aliphatic heterocycles. The van der Waals surface area contributed by atoms with E-state index >= 15 is 0 Å². The van der Waals surface area contributed by atoms with Crippen LogP contribution in [0.4, 0.5) is 9.59 Å². The van der Waals surface area contributed by atoms with Crippen molar-refractivity contribution in [1.82, 2.24) is 45.4 Å². The highest BCUT2D eigenvalue weighted by Gasteiger charge is 2.39. The Morgan fingerprint density at radius 1 is 0.741 bits per heavy atom. The summed E-state index contributed by atoms with van der Waals surface area (Å²) in [5.74, 6) is 1.04. The molecule has 5 heterocycles. The van der Waals surface area contributed by atoms with Crippen molar-refractivity contribution in [2.75, 3.05) is 27.3 Å². The first kappa shape index (κ1) is 40.2. The molecule has 2 aromatic carbocycles. The maximum atomic E-state index is 13.8. The van der Waals surface area contributed by atoms with Crippen molar-refractivity contribution in [1.29, 1.82) is 0 Å². The number of hydrogen-bond acceptors (Lipinski definition) is 9. The number of alkyl carbamates (subject to hydrolysis) is 2. The number of imidazole rings is 2. The molecule has 15 heteroatoms. The Labute approximate surface area is 337 Å². The summed E-state index contributed by atoms with van der Waals surface area (Å²) in [7, 11) is 2.60. The van der Waals surface area contributed by atoms with Crippen LogP contribution in [0.15, 0.2) is 54.9 Å². The molecule has 3 aromatic heterocycles. The Balaban J connectivity index is 1.07. The Hall–Kier alpha value is -5.99. The van der Waals surface area contributed by atoms with Gasteiger partial charge < -0.3 is 39.9 Å². The van der Waals surface area contributed by atoms with E-state index in [1.165, 1.54) is 14.2 Å². The number of methoxy groups -OCH3 is 2. The SMILES string of the molecule is CC[C@@H](C)[C@H](NC(=O)OC)C(=O)N1CCC[C@H]1c1ncc(-c2ccc3cc(-c4ccc5nc([C@@H]6CCCN6C(=O)[C@@H](NC(=O)OC)[C@H](C)CC)[nH]c5c4)ncc3c2)[nH]1. The van der Waals surface area contributed by atoms with Crippen LogP contribution in [0.5, 0.6) is 0 Å². The molecule has 4 N–H and O–H groups in total. The van der Waals surface area contributed by atoms with Gasteiger partial charge in [-0.3, -0.25) is 14.6 Å². The number of carbonyl (C=O) groups excluding carboxylic acids is 4. The summed E-state index contributed by atoms with van der Waals surface area (Å²) in [6.45, 7) is 9.07. The molecule has 2 saturated heterocycles. The highest BCUT2D eigenvalue weighted by molar-refractivity contribution is 5.91. The summed E-state index contributed by atoms with van der Waals surface area (Å²) in [6.07, 6.45) is 7.11. The van der Waals surface area contributed by atoms with Gasteiger partial charge in [-0.15, -0.1) is 0 Å². The minimum absolute atomic E-state index is 0.0627. The fraction of sp³-hybridized carbons (Fsp3) is 0.465. The first-order valence-corrected chi connectivity index (χ1v) is 20.3. The fourth-order valence-corrected chi connectivity index (χ4v) is 8.19. The Morgan fingerprint density at radius 2 is 1.34 bits per heavy atom. The third-order valence-electron chi connectivity index (χ3n) is 12.0. The van der Waals surface area contributed by atoms with Crippen molar-refractivity contribution < 1.29 is 28.7 Å². The van der Waals surface area contributed by atoms with Crippen molar-refractivity contribution in [3.05, 3.63) is 66.5 Å². The summed E-state index contributed by atoms with van der Waals surface area (Å²) in [4.78, 5) is 76.8. The largest absolute Gasteiger partial charge is 0.453 e. The molecule has 5 aromatic rings. The molecule has 2 fully saturated rings. The first-order valence-electron chi connectivity index (χ1n) is 20.3. The quantitative estimate of drug-likeness (QED) is 0.103. The van der Waals surface area contributed by atoms with Crippen LogP contribution in [-0.2, 0) is 19.1 Å². The minimum Gasteiger partial charge on any atom is -0.453 e. The molecule has 58 heavy (non-hydrogen) atoms. The van der Waals surface area contributed by atoms with E-state index in [4.69, 9.17) is 24.4 Å². The van der Waals surface area contributed by atoms with Gasteiger partial charge in [0.1, 0.15) is 23.7 Å². The van der Waals surface area contributed by atoms with Gasteiger partial charge in [0.15, 0.2) is 0 Å². The van der Waals surface area contributed by atoms with Crippen LogP contribution >= 0.6 is 0 Å². The van der Waals surface area contributed by atoms with Gasteiger partial charge in [-0.2, -0.15) is 0 Å². The Bertz CT molecular complexity index is 2300. The molecule has 7 rings (SSSR count). The lowest BCUT2D eigenvalue weighted by molar-refractivity contribution is -0.136. The molecule has 0 radical (unpaired) electrons. The van der Waals surface area contributed by atoms with Gasteiger partial charge in [-0.1, -0.05) is 58.7 Å². The van der Waals surface area contributed by atoms with Gasteiger partial charge in [0, 0.05) is 35.8 Å². The van der Waals surface area contributed by atoms with Crippen molar-refractivity contribution in [3.63, 3.8) is 0 Å². The molecule has 4 amide bonds.